The summed E-state index contributed by atoms with van der Waals surface area (Å²) in [6.45, 7) is 7.58. The lowest BCUT2D eigenvalue weighted by molar-refractivity contribution is 0.417. The first-order chi connectivity index (χ1) is 8.78. The number of rotatable bonds is 3. The molecule has 0 unspecified atom stereocenters. The van der Waals surface area contributed by atoms with Gasteiger partial charge in [-0.15, -0.1) is 0 Å². The highest BCUT2D eigenvalue weighted by molar-refractivity contribution is 7.80. The van der Waals surface area contributed by atoms with E-state index in [9.17, 15) is 0 Å². The molecule has 1 aromatic heterocycles. The summed E-state index contributed by atoms with van der Waals surface area (Å²) in [5.74, 6) is 0.933. The first kappa shape index (κ1) is 14.3. The Morgan fingerprint density at radius 2 is 2.11 bits per heavy atom. The Hall–Kier alpha value is -1.16. The molecule has 0 aliphatic heterocycles. The summed E-state index contributed by atoms with van der Waals surface area (Å²) in [5.41, 5.74) is 9.54. The van der Waals surface area contributed by atoms with Crippen LogP contribution in [0.1, 0.15) is 44.0 Å². The van der Waals surface area contributed by atoms with Gasteiger partial charge in [0.25, 0.3) is 0 Å². The number of anilines is 1. The number of pyridine rings is 1. The van der Waals surface area contributed by atoms with Crippen LogP contribution < -0.4 is 10.6 Å². The van der Waals surface area contributed by atoms with Crippen molar-refractivity contribution >= 4 is 23.0 Å². The van der Waals surface area contributed by atoms with Gasteiger partial charge in [0.05, 0.1) is 5.56 Å². The van der Waals surface area contributed by atoms with Crippen molar-refractivity contribution in [3.8, 4) is 0 Å². The van der Waals surface area contributed by atoms with Crippen LogP contribution in [0.15, 0.2) is 6.07 Å². The predicted octanol–water partition coefficient (Wildman–Crippen LogP) is 2.69. The third-order valence-corrected chi connectivity index (χ3v) is 3.59. The minimum Gasteiger partial charge on any atom is -0.389 e. The minimum atomic E-state index is 0.211. The number of hydrogen-bond acceptors (Lipinski definition) is 3. The second-order valence-electron chi connectivity index (χ2n) is 6.60. The van der Waals surface area contributed by atoms with Gasteiger partial charge in [0, 0.05) is 19.3 Å². The van der Waals surface area contributed by atoms with Gasteiger partial charge in [0.2, 0.25) is 0 Å². The lowest BCUT2D eigenvalue weighted by Gasteiger charge is -2.29. The third-order valence-electron chi connectivity index (χ3n) is 3.37. The molecule has 2 N–H and O–H groups in total. The van der Waals surface area contributed by atoms with E-state index in [1.807, 2.05) is 0 Å². The molecule has 0 spiro atoms. The highest BCUT2D eigenvalue weighted by atomic mass is 32.1. The molecule has 1 aromatic rings. The number of fused-ring (bicyclic) bond motifs is 1. The van der Waals surface area contributed by atoms with Crippen LogP contribution in [0.4, 0.5) is 5.82 Å². The summed E-state index contributed by atoms with van der Waals surface area (Å²) in [6, 6.07) is 2.14. The molecule has 19 heavy (non-hydrogen) atoms. The highest BCUT2D eigenvalue weighted by Gasteiger charge is 2.22. The molecule has 0 atom stereocenters. The molecule has 1 aliphatic carbocycles. The van der Waals surface area contributed by atoms with E-state index in [2.05, 4.69) is 38.8 Å². The van der Waals surface area contributed by atoms with E-state index < -0.39 is 0 Å². The molecule has 3 nitrogen and oxygen atoms in total. The highest BCUT2D eigenvalue weighted by Crippen LogP contribution is 2.28. The van der Waals surface area contributed by atoms with Gasteiger partial charge >= 0.3 is 0 Å². The molecule has 0 fully saturated rings. The molecule has 1 aliphatic rings. The molecule has 104 valence electrons. The number of hydrogen-bond donors (Lipinski definition) is 1. The summed E-state index contributed by atoms with van der Waals surface area (Å²) in [5, 5.41) is 0. The zero-order chi connectivity index (χ0) is 14.2. The Bertz CT molecular complexity index is 503. The van der Waals surface area contributed by atoms with E-state index in [1.165, 1.54) is 17.7 Å². The van der Waals surface area contributed by atoms with Gasteiger partial charge in [0.15, 0.2) is 0 Å². The number of nitrogens with zero attached hydrogens (tertiary/aromatic N) is 2. The Balaban J connectivity index is 2.40. The fourth-order valence-electron chi connectivity index (χ4n) is 2.72. The summed E-state index contributed by atoms with van der Waals surface area (Å²) in [4.78, 5) is 7.43. The van der Waals surface area contributed by atoms with Crippen LogP contribution in [-0.4, -0.2) is 23.6 Å². The van der Waals surface area contributed by atoms with Crippen molar-refractivity contribution in [2.24, 2.45) is 11.1 Å². The zero-order valence-electron chi connectivity index (χ0n) is 12.3. The third kappa shape index (κ3) is 3.24. The smallest absolute Gasteiger partial charge is 0.138 e. The van der Waals surface area contributed by atoms with Crippen molar-refractivity contribution in [3.63, 3.8) is 0 Å². The molecule has 1 heterocycles. The van der Waals surface area contributed by atoms with Crippen molar-refractivity contribution in [1.82, 2.24) is 4.98 Å². The average molecular weight is 277 g/mol. The maximum Gasteiger partial charge on any atom is 0.138 e. The fraction of sp³-hybridized carbons (Fsp3) is 0.600. The topological polar surface area (TPSA) is 42.2 Å². The standard InChI is InChI=1S/C15H23N3S/c1-15(2,3)9-18(4)14-11(13(16)19)8-10-6-5-7-12(10)17-14/h8H,5-7,9H2,1-4H3,(H2,16,19). The number of thiocarbonyl (C=S) groups is 1. The second kappa shape index (κ2) is 5.08. The molecular formula is C15H23N3S. The first-order valence-corrected chi connectivity index (χ1v) is 7.22. The van der Waals surface area contributed by atoms with E-state index >= 15 is 0 Å². The maximum atomic E-state index is 5.87. The van der Waals surface area contributed by atoms with Gasteiger partial charge in [-0.05, 0) is 36.3 Å². The van der Waals surface area contributed by atoms with Crippen molar-refractivity contribution in [2.75, 3.05) is 18.5 Å². The van der Waals surface area contributed by atoms with Gasteiger partial charge in [0.1, 0.15) is 10.8 Å². The van der Waals surface area contributed by atoms with E-state index in [0.717, 1.165) is 30.8 Å². The molecule has 4 heteroatoms. The summed E-state index contributed by atoms with van der Waals surface area (Å²) in [7, 11) is 2.07. The maximum absolute atomic E-state index is 5.87. The van der Waals surface area contributed by atoms with E-state index in [1.54, 1.807) is 0 Å². The molecule has 2 rings (SSSR count). The van der Waals surface area contributed by atoms with Crippen LogP contribution >= 0.6 is 12.2 Å². The zero-order valence-corrected chi connectivity index (χ0v) is 13.1. The van der Waals surface area contributed by atoms with Crippen LogP contribution in [0.3, 0.4) is 0 Å². The normalized spacial score (nSPS) is 14.3. The van der Waals surface area contributed by atoms with Crippen molar-refractivity contribution in [2.45, 2.75) is 40.0 Å². The SMILES string of the molecule is CN(CC(C)(C)C)c1nc2c(cc1C(N)=S)CCC2. The van der Waals surface area contributed by atoms with E-state index in [4.69, 9.17) is 22.9 Å². The van der Waals surface area contributed by atoms with Crippen molar-refractivity contribution in [3.05, 3.63) is 22.9 Å². The Labute approximate surface area is 121 Å². The van der Waals surface area contributed by atoms with Gasteiger partial charge in [-0.2, -0.15) is 0 Å². The number of aromatic nitrogens is 1. The predicted molar refractivity (Wildman–Crippen MR) is 84.9 cm³/mol. The van der Waals surface area contributed by atoms with E-state index in [0.29, 0.717) is 4.99 Å². The quantitative estimate of drug-likeness (QED) is 0.863. The molecular weight excluding hydrogens is 254 g/mol. The molecule has 0 aromatic carbocycles. The first-order valence-electron chi connectivity index (χ1n) is 6.82. The largest absolute Gasteiger partial charge is 0.389 e. The molecule has 0 radical (unpaired) electrons. The van der Waals surface area contributed by atoms with Gasteiger partial charge in [-0.3, -0.25) is 0 Å². The molecule has 0 saturated heterocycles. The monoisotopic (exact) mass is 277 g/mol. The average Bonchev–Trinajstić information content (AvgIpc) is 2.71. The fourth-order valence-corrected chi connectivity index (χ4v) is 2.87. The van der Waals surface area contributed by atoms with Gasteiger partial charge in [-0.25, -0.2) is 4.98 Å². The van der Waals surface area contributed by atoms with Crippen LogP contribution in [-0.2, 0) is 12.8 Å². The van der Waals surface area contributed by atoms with Crippen molar-refractivity contribution in [1.29, 1.82) is 0 Å². The van der Waals surface area contributed by atoms with Crippen LogP contribution in [0.2, 0.25) is 0 Å². The Morgan fingerprint density at radius 1 is 1.42 bits per heavy atom. The second-order valence-corrected chi connectivity index (χ2v) is 7.04. The van der Waals surface area contributed by atoms with Crippen LogP contribution in [0.25, 0.3) is 0 Å². The lowest BCUT2D eigenvalue weighted by atomic mass is 9.96. The van der Waals surface area contributed by atoms with Gasteiger partial charge < -0.3 is 10.6 Å². The summed E-state index contributed by atoms with van der Waals surface area (Å²) >= 11 is 5.19. The van der Waals surface area contributed by atoms with Gasteiger partial charge in [-0.1, -0.05) is 33.0 Å². The number of nitrogens with two attached hydrogens (primary N) is 1. The minimum absolute atomic E-state index is 0.211. The summed E-state index contributed by atoms with van der Waals surface area (Å²) in [6.07, 6.45) is 3.36. The lowest BCUT2D eigenvalue weighted by Crippen LogP contribution is -2.32. The summed E-state index contributed by atoms with van der Waals surface area (Å²) < 4.78 is 0. The van der Waals surface area contributed by atoms with Crippen LogP contribution in [0.5, 0.6) is 0 Å². The Kier molecular flexibility index (Phi) is 3.81. The van der Waals surface area contributed by atoms with Crippen LogP contribution in [0, 0.1) is 5.41 Å². The number of aryl methyl sites for hydroxylation is 2. The Morgan fingerprint density at radius 3 is 2.68 bits per heavy atom. The molecule has 0 amide bonds. The van der Waals surface area contributed by atoms with Crippen molar-refractivity contribution < 1.29 is 0 Å². The molecule has 0 bridgehead atoms. The van der Waals surface area contributed by atoms with E-state index in [-0.39, 0.29) is 5.41 Å². The molecule has 0 saturated carbocycles.